The maximum atomic E-state index is 6.22. The van der Waals surface area contributed by atoms with Gasteiger partial charge in [-0.2, -0.15) is 10.4 Å². The molecule has 2 heterocycles. The highest BCUT2D eigenvalue weighted by Gasteiger charge is 2.37. The first-order chi connectivity index (χ1) is 7.78. The van der Waals surface area contributed by atoms with Gasteiger partial charge in [-0.15, -0.1) is 0 Å². The SMILES string of the molecule is N[N+]12C=NC=C1C=NC(c1ccccc1)C2. The summed E-state index contributed by atoms with van der Waals surface area (Å²) in [5, 5.41) is 0. The molecule has 0 saturated carbocycles. The Balaban J connectivity index is 1.95. The van der Waals surface area contributed by atoms with Gasteiger partial charge < -0.3 is 0 Å². The summed E-state index contributed by atoms with van der Waals surface area (Å²) in [6, 6.07) is 10.3. The van der Waals surface area contributed by atoms with Crippen LogP contribution in [0.5, 0.6) is 0 Å². The zero-order chi connectivity index (χ0) is 11.0. The Morgan fingerprint density at radius 3 is 2.88 bits per heavy atom. The lowest BCUT2D eigenvalue weighted by Gasteiger charge is -2.30. The lowest BCUT2D eigenvalue weighted by atomic mass is 10.1. The minimum absolute atomic E-state index is 0.118. The Hall–Kier alpha value is -1.78. The zero-order valence-electron chi connectivity index (χ0n) is 8.82. The van der Waals surface area contributed by atoms with Crippen molar-refractivity contribution in [1.29, 1.82) is 0 Å². The standard InChI is InChI=1S/C12H13N4/c13-16-8-12(10-4-2-1-3-5-10)15-7-11(16)6-14-9-16/h1-7,9,12H,8,13H2/q+1. The molecule has 2 N–H and O–H groups in total. The van der Waals surface area contributed by atoms with Crippen molar-refractivity contribution in [2.45, 2.75) is 6.04 Å². The summed E-state index contributed by atoms with van der Waals surface area (Å²) in [6.45, 7) is 0.732. The van der Waals surface area contributed by atoms with Crippen LogP contribution in [0.4, 0.5) is 0 Å². The van der Waals surface area contributed by atoms with E-state index >= 15 is 0 Å². The number of nitrogens with zero attached hydrogens (tertiary/aromatic N) is 3. The van der Waals surface area contributed by atoms with Crippen LogP contribution in [0, 0.1) is 0 Å². The minimum Gasteiger partial charge on any atom is -0.273 e. The monoisotopic (exact) mass is 213 g/mol. The van der Waals surface area contributed by atoms with Gasteiger partial charge in [0.15, 0.2) is 5.70 Å². The van der Waals surface area contributed by atoms with E-state index in [1.165, 1.54) is 5.56 Å². The number of nitrogens with two attached hydrogens (primary N) is 1. The van der Waals surface area contributed by atoms with Gasteiger partial charge >= 0.3 is 0 Å². The summed E-state index contributed by atoms with van der Waals surface area (Å²) in [7, 11) is 0. The van der Waals surface area contributed by atoms with Gasteiger partial charge in [-0.1, -0.05) is 30.3 Å². The lowest BCUT2D eigenvalue weighted by Crippen LogP contribution is -2.54. The molecule has 0 fully saturated rings. The normalized spacial score (nSPS) is 31.3. The number of benzene rings is 1. The molecule has 16 heavy (non-hydrogen) atoms. The van der Waals surface area contributed by atoms with Crippen molar-refractivity contribution >= 4 is 12.6 Å². The maximum Gasteiger partial charge on any atom is 0.214 e. The molecule has 1 aromatic rings. The van der Waals surface area contributed by atoms with Crippen LogP contribution in [0.15, 0.2) is 52.2 Å². The third-order valence-corrected chi connectivity index (χ3v) is 3.01. The molecule has 0 saturated heterocycles. The van der Waals surface area contributed by atoms with E-state index in [0.29, 0.717) is 0 Å². The van der Waals surface area contributed by atoms with Crippen molar-refractivity contribution in [2.24, 2.45) is 15.8 Å². The van der Waals surface area contributed by atoms with Crippen molar-refractivity contribution in [3.63, 3.8) is 0 Å². The molecule has 2 unspecified atom stereocenters. The van der Waals surface area contributed by atoms with E-state index in [-0.39, 0.29) is 10.6 Å². The second-order valence-corrected chi connectivity index (χ2v) is 4.14. The Morgan fingerprint density at radius 1 is 1.25 bits per heavy atom. The van der Waals surface area contributed by atoms with E-state index in [0.717, 1.165) is 12.2 Å². The van der Waals surface area contributed by atoms with Gasteiger partial charge in [0.2, 0.25) is 6.34 Å². The van der Waals surface area contributed by atoms with Gasteiger partial charge in [-0.05, 0) is 5.56 Å². The van der Waals surface area contributed by atoms with Crippen molar-refractivity contribution < 1.29 is 4.59 Å². The average Bonchev–Trinajstić information content (AvgIpc) is 2.70. The van der Waals surface area contributed by atoms with Crippen LogP contribution in [0.3, 0.4) is 0 Å². The minimum atomic E-state index is 0.118. The smallest absolute Gasteiger partial charge is 0.214 e. The molecule has 3 rings (SSSR count). The molecule has 0 spiro atoms. The fourth-order valence-corrected chi connectivity index (χ4v) is 2.06. The van der Waals surface area contributed by atoms with Crippen LogP contribution in [-0.4, -0.2) is 23.7 Å². The first-order valence-corrected chi connectivity index (χ1v) is 5.27. The second kappa shape index (κ2) is 3.37. The molecule has 4 nitrogen and oxygen atoms in total. The van der Waals surface area contributed by atoms with Gasteiger partial charge in [0.25, 0.3) is 0 Å². The number of allylic oxidation sites excluding steroid dienone is 1. The number of hydrogen-bond acceptors (Lipinski definition) is 3. The van der Waals surface area contributed by atoms with E-state index in [1.807, 2.05) is 24.4 Å². The van der Waals surface area contributed by atoms with Crippen LogP contribution in [0.25, 0.3) is 0 Å². The van der Waals surface area contributed by atoms with Gasteiger partial charge in [0.1, 0.15) is 12.6 Å². The molecule has 0 amide bonds. The molecule has 80 valence electrons. The molecule has 2 aliphatic heterocycles. The molecule has 0 radical (unpaired) electrons. The second-order valence-electron chi connectivity index (χ2n) is 4.14. The lowest BCUT2D eigenvalue weighted by molar-refractivity contribution is -0.803. The van der Waals surface area contributed by atoms with E-state index in [1.54, 1.807) is 12.5 Å². The van der Waals surface area contributed by atoms with E-state index < -0.39 is 0 Å². The largest absolute Gasteiger partial charge is 0.273 e. The summed E-state index contributed by atoms with van der Waals surface area (Å²) in [5.41, 5.74) is 2.15. The number of fused-ring (bicyclic) bond motifs is 1. The molecule has 2 aliphatic rings. The Kier molecular flexibility index (Phi) is 1.99. The number of hydrogen-bond donors (Lipinski definition) is 1. The number of quaternary nitrogens is 1. The highest BCUT2D eigenvalue weighted by Crippen LogP contribution is 2.28. The molecule has 0 aromatic heterocycles. The molecule has 2 atom stereocenters. The average molecular weight is 213 g/mol. The van der Waals surface area contributed by atoms with Gasteiger partial charge in [-0.25, -0.2) is 4.99 Å². The molecule has 1 aromatic carbocycles. The quantitative estimate of drug-likeness (QED) is 0.556. The van der Waals surface area contributed by atoms with E-state index in [4.69, 9.17) is 5.84 Å². The molecule has 0 bridgehead atoms. The van der Waals surface area contributed by atoms with Crippen LogP contribution >= 0.6 is 0 Å². The third-order valence-electron chi connectivity index (χ3n) is 3.01. The highest BCUT2D eigenvalue weighted by atomic mass is 15.6. The van der Waals surface area contributed by atoms with Gasteiger partial charge in [0.05, 0.1) is 12.4 Å². The van der Waals surface area contributed by atoms with Crippen molar-refractivity contribution in [3.8, 4) is 0 Å². The summed E-state index contributed by atoms with van der Waals surface area (Å²) in [4.78, 5) is 8.62. The molecular formula is C12H13N4+. The van der Waals surface area contributed by atoms with Crippen LogP contribution < -0.4 is 5.84 Å². The Bertz CT molecular complexity index is 489. The fraction of sp³-hybridized carbons (Fsp3) is 0.167. The van der Waals surface area contributed by atoms with Crippen LogP contribution in [0.1, 0.15) is 11.6 Å². The van der Waals surface area contributed by atoms with Gasteiger partial charge in [-0.3, -0.25) is 4.99 Å². The zero-order valence-corrected chi connectivity index (χ0v) is 8.82. The van der Waals surface area contributed by atoms with E-state index in [9.17, 15) is 0 Å². The predicted octanol–water partition coefficient (Wildman–Crippen LogP) is 1.39. The van der Waals surface area contributed by atoms with Crippen LogP contribution in [-0.2, 0) is 0 Å². The van der Waals surface area contributed by atoms with Crippen molar-refractivity contribution in [2.75, 3.05) is 6.54 Å². The highest BCUT2D eigenvalue weighted by molar-refractivity contribution is 5.80. The number of rotatable bonds is 1. The molecule has 0 aliphatic carbocycles. The number of aliphatic imine (C=N–C) groups is 2. The van der Waals surface area contributed by atoms with Crippen LogP contribution in [0.2, 0.25) is 0 Å². The topological polar surface area (TPSA) is 50.7 Å². The summed E-state index contributed by atoms with van der Waals surface area (Å²) in [5.74, 6) is 6.22. The third kappa shape index (κ3) is 1.39. The Labute approximate surface area is 94.0 Å². The summed E-state index contributed by atoms with van der Waals surface area (Å²) in [6.07, 6.45) is 5.36. The summed E-state index contributed by atoms with van der Waals surface area (Å²) < 4.78 is 0.267. The summed E-state index contributed by atoms with van der Waals surface area (Å²) >= 11 is 0. The van der Waals surface area contributed by atoms with Crippen molar-refractivity contribution in [3.05, 3.63) is 47.8 Å². The van der Waals surface area contributed by atoms with E-state index in [2.05, 4.69) is 22.1 Å². The first kappa shape index (κ1) is 9.45. The predicted molar refractivity (Wildman–Crippen MR) is 63.6 cm³/mol. The van der Waals surface area contributed by atoms with Crippen molar-refractivity contribution in [1.82, 2.24) is 0 Å². The fourth-order valence-electron chi connectivity index (χ4n) is 2.06. The molecular weight excluding hydrogens is 200 g/mol. The van der Waals surface area contributed by atoms with Gasteiger partial charge in [0, 0.05) is 0 Å². The first-order valence-electron chi connectivity index (χ1n) is 5.27. The maximum absolute atomic E-state index is 6.22. The Morgan fingerprint density at radius 2 is 2.06 bits per heavy atom. The molecule has 4 heteroatoms.